The number of nitro groups is 1. The Morgan fingerprint density at radius 2 is 2.28 bits per heavy atom. The maximum atomic E-state index is 11.2. The number of nitrogens with zero attached hydrogens (tertiary/aromatic N) is 2. The SMILES string of the molecule is COC(=O)Cc1ccc([N+](=O)[O-])c(CN)c1C#N. The molecule has 1 rings (SSSR count). The quantitative estimate of drug-likeness (QED) is 0.475. The number of methoxy groups -OCH3 is 1. The Balaban J connectivity index is 3.36. The fourth-order valence-electron chi connectivity index (χ4n) is 1.58. The van der Waals surface area contributed by atoms with Gasteiger partial charge in [0.05, 0.1) is 29.6 Å². The van der Waals surface area contributed by atoms with E-state index in [9.17, 15) is 14.9 Å². The molecule has 7 nitrogen and oxygen atoms in total. The highest BCUT2D eigenvalue weighted by atomic mass is 16.6. The highest BCUT2D eigenvalue weighted by Gasteiger charge is 2.20. The van der Waals surface area contributed by atoms with Gasteiger partial charge in [0.25, 0.3) is 5.69 Å². The van der Waals surface area contributed by atoms with E-state index >= 15 is 0 Å². The first-order chi connectivity index (χ1) is 8.54. The number of nitriles is 1. The van der Waals surface area contributed by atoms with Gasteiger partial charge >= 0.3 is 5.97 Å². The lowest BCUT2D eigenvalue weighted by Gasteiger charge is -2.07. The summed E-state index contributed by atoms with van der Waals surface area (Å²) in [7, 11) is 1.23. The van der Waals surface area contributed by atoms with Crippen LogP contribution in [0.3, 0.4) is 0 Å². The minimum atomic E-state index is -0.606. The van der Waals surface area contributed by atoms with E-state index in [1.54, 1.807) is 0 Å². The summed E-state index contributed by atoms with van der Waals surface area (Å²) in [4.78, 5) is 21.4. The van der Waals surface area contributed by atoms with Gasteiger partial charge in [-0.15, -0.1) is 0 Å². The molecule has 0 saturated carbocycles. The van der Waals surface area contributed by atoms with Crippen LogP contribution in [0.5, 0.6) is 0 Å². The Kier molecular flexibility index (Phi) is 4.34. The van der Waals surface area contributed by atoms with Gasteiger partial charge < -0.3 is 10.5 Å². The third kappa shape index (κ3) is 2.61. The van der Waals surface area contributed by atoms with Gasteiger partial charge in [0.15, 0.2) is 0 Å². The van der Waals surface area contributed by atoms with Gasteiger partial charge in [0.1, 0.15) is 6.07 Å². The van der Waals surface area contributed by atoms with E-state index in [1.165, 1.54) is 19.2 Å². The molecule has 0 spiro atoms. The second-order valence-electron chi connectivity index (χ2n) is 3.42. The molecule has 0 amide bonds. The van der Waals surface area contributed by atoms with Crippen molar-refractivity contribution in [3.63, 3.8) is 0 Å². The molecule has 1 aromatic rings. The van der Waals surface area contributed by atoms with Crippen LogP contribution in [0.15, 0.2) is 12.1 Å². The van der Waals surface area contributed by atoms with Crippen molar-refractivity contribution in [1.82, 2.24) is 0 Å². The summed E-state index contributed by atoms with van der Waals surface area (Å²) in [6.45, 7) is -0.145. The Labute approximate surface area is 103 Å². The van der Waals surface area contributed by atoms with Crippen LogP contribution in [0.1, 0.15) is 16.7 Å². The van der Waals surface area contributed by atoms with Crippen LogP contribution in [-0.4, -0.2) is 18.0 Å². The lowest BCUT2D eigenvalue weighted by Crippen LogP contribution is -2.11. The Hall–Kier alpha value is -2.46. The molecule has 0 aliphatic rings. The lowest BCUT2D eigenvalue weighted by atomic mass is 9.98. The third-order valence-corrected chi connectivity index (χ3v) is 2.45. The largest absolute Gasteiger partial charge is 0.469 e. The number of ether oxygens (including phenoxy) is 1. The third-order valence-electron chi connectivity index (χ3n) is 2.45. The summed E-state index contributed by atoms with van der Waals surface area (Å²) in [6, 6.07) is 4.45. The predicted octanol–water partition coefficient (Wildman–Crippen LogP) is 0.641. The van der Waals surface area contributed by atoms with Crippen LogP contribution in [0, 0.1) is 21.4 Å². The van der Waals surface area contributed by atoms with Crippen LogP contribution in [0.4, 0.5) is 5.69 Å². The number of carbonyl (C=O) groups is 1. The number of nitrogens with two attached hydrogens (primary N) is 1. The van der Waals surface area contributed by atoms with Gasteiger partial charge in [-0.3, -0.25) is 14.9 Å². The van der Waals surface area contributed by atoms with E-state index in [0.29, 0.717) is 5.56 Å². The van der Waals surface area contributed by atoms with Crippen LogP contribution in [0.25, 0.3) is 0 Å². The maximum absolute atomic E-state index is 11.2. The molecule has 0 aliphatic carbocycles. The van der Waals surface area contributed by atoms with Gasteiger partial charge in [0.2, 0.25) is 0 Å². The molecule has 94 valence electrons. The highest BCUT2D eigenvalue weighted by Crippen LogP contribution is 2.25. The predicted molar refractivity (Wildman–Crippen MR) is 61.4 cm³/mol. The second-order valence-corrected chi connectivity index (χ2v) is 3.42. The van der Waals surface area contributed by atoms with Gasteiger partial charge in [-0.1, -0.05) is 6.07 Å². The molecule has 2 N–H and O–H groups in total. The molecule has 0 radical (unpaired) electrons. The number of hydrogen-bond acceptors (Lipinski definition) is 6. The first-order valence-corrected chi connectivity index (χ1v) is 5.01. The Morgan fingerprint density at radius 1 is 1.61 bits per heavy atom. The van der Waals surface area contributed by atoms with Gasteiger partial charge in [0, 0.05) is 12.6 Å². The van der Waals surface area contributed by atoms with Crippen molar-refractivity contribution in [2.24, 2.45) is 5.73 Å². The number of carbonyl (C=O) groups excluding carboxylic acids is 1. The molecule has 18 heavy (non-hydrogen) atoms. The van der Waals surface area contributed by atoms with Crippen LogP contribution in [0.2, 0.25) is 0 Å². The molecule has 1 aromatic carbocycles. The second kappa shape index (κ2) is 5.75. The van der Waals surface area contributed by atoms with Gasteiger partial charge in [-0.2, -0.15) is 5.26 Å². The van der Waals surface area contributed by atoms with E-state index in [-0.39, 0.29) is 29.8 Å². The smallest absolute Gasteiger partial charge is 0.310 e. The zero-order valence-corrected chi connectivity index (χ0v) is 9.67. The molecule has 0 fully saturated rings. The first kappa shape index (κ1) is 13.6. The van der Waals surface area contributed by atoms with Crippen molar-refractivity contribution < 1.29 is 14.5 Å². The first-order valence-electron chi connectivity index (χ1n) is 5.01. The molecule has 0 aliphatic heterocycles. The molecule has 0 heterocycles. The minimum Gasteiger partial charge on any atom is -0.469 e. The summed E-state index contributed by atoms with van der Waals surface area (Å²) in [6.07, 6.45) is -0.121. The minimum absolute atomic E-state index is 0.0668. The van der Waals surface area contributed by atoms with Crippen molar-refractivity contribution >= 4 is 11.7 Å². The number of nitro benzene ring substituents is 1. The Morgan fingerprint density at radius 3 is 2.72 bits per heavy atom. The number of esters is 1. The van der Waals surface area contributed by atoms with Crippen molar-refractivity contribution in [3.8, 4) is 6.07 Å². The number of benzene rings is 1. The van der Waals surface area contributed by atoms with Crippen LogP contribution >= 0.6 is 0 Å². The summed E-state index contributed by atoms with van der Waals surface area (Å²) in [5.74, 6) is -0.525. The van der Waals surface area contributed by atoms with Crippen molar-refractivity contribution in [1.29, 1.82) is 5.26 Å². The van der Waals surface area contributed by atoms with Crippen LogP contribution < -0.4 is 5.73 Å². The fraction of sp³-hybridized carbons (Fsp3) is 0.273. The lowest BCUT2D eigenvalue weighted by molar-refractivity contribution is -0.385. The van der Waals surface area contributed by atoms with E-state index in [4.69, 9.17) is 11.0 Å². The van der Waals surface area contributed by atoms with Crippen molar-refractivity contribution in [2.45, 2.75) is 13.0 Å². The highest BCUT2D eigenvalue weighted by molar-refractivity contribution is 5.74. The van der Waals surface area contributed by atoms with Gasteiger partial charge in [-0.05, 0) is 5.56 Å². The molecular formula is C11H11N3O4. The zero-order valence-electron chi connectivity index (χ0n) is 9.67. The maximum Gasteiger partial charge on any atom is 0.310 e. The van der Waals surface area contributed by atoms with Crippen molar-refractivity contribution in [3.05, 3.63) is 38.9 Å². The van der Waals surface area contributed by atoms with E-state index in [0.717, 1.165) is 0 Å². The van der Waals surface area contributed by atoms with E-state index in [2.05, 4.69) is 4.74 Å². The molecular weight excluding hydrogens is 238 g/mol. The molecule has 0 unspecified atom stereocenters. The van der Waals surface area contributed by atoms with Crippen molar-refractivity contribution in [2.75, 3.05) is 7.11 Å². The zero-order chi connectivity index (χ0) is 13.7. The molecule has 0 atom stereocenters. The number of hydrogen-bond donors (Lipinski definition) is 1. The van der Waals surface area contributed by atoms with E-state index in [1.807, 2.05) is 6.07 Å². The monoisotopic (exact) mass is 249 g/mol. The average Bonchev–Trinajstić information content (AvgIpc) is 2.37. The molecule has 7 heteroatoms. The van der Waals surface area contributed by atoms with E-state index < -0.39 is 10.9 Å². The fourth-order valence-corrected chi connectivity index (χ4v) is 1.58. The summed E-state index contributed by atoms with van der Waals surface area (Å²) >= 11 is 0. The van der Waals surface area contributed by atoms with Gasteiger partial charge in [-0.25, -0.2) is 0 Å². The number of rotatable bonds is 4. The summed E-state index contributed by atoms with van der Waals surface area (Å²) < 4.78 is 4.49. The summed E-state index contributed by atoms with van der Waals surface area (Å²) in [5.41, 5.74) is 5.77. The molecule has 0 saturated heterocycles. The molecule has 0 aromatic heterocycles. The Bertz CT molecular complexity index is 534. The molecule has 0 bridgehead atoms. The van der Waals surface area contributed by atoms with Crippen LogP contribution in [-0.2, 0) is 22.5 Å². The average molecular weight is 249 g/mol. The topological polar surface area (TPSA) is 119 Å². The normalized spacial score (nSPS) is 9.61. The standard InChI is InChI=1S/C11H11N3O4/c1-18-11(15)4-7-2-3-10(14(16)17)9(6-13)8(7)5-12/h2-3H,4,6,13H2,1H3. The summed E-state index contributed by atoms with van der Waals surface area (Å²) in [5, 5.41) is 19.8.